The molecule has 4 nitrogen and oxygen atoms in total. The zero-order valence-electron chi connectivity index (χ0n) is 14.6. The number of benzene rings is 2. The van der Waals surface area contributed by atoms with Gasteiger partial charge in [0.1, 0.15) is 5.75 Å². The number of aryl methyl sites for hydroxylation is 1. The standard InChI is InChI=1S/C19H18F3N3O/c1-11-13(5-4-6-17(11)19(20,21)22)10-23-18-16-9-14(26-3)7-8-15(16)12(2)24-25-18/h4-9H,10H2,1-3H3,(H,23,25). The van der Waals surface area contributed by atoms with E-state index in [9.17, 15) is 13.2 Å². The molecule has 2 aromatic carbocycles. The predicted octanol–water partition coefficient (Wildman–Crippen LogP) is 4.89. The zero-order chi connectivity index (χ0) is 18.9. The third-order valence-electron chi connectivity index (χ3n) is 4.37. The molecule has 1 heterocycles. The molecule has 0 aliphatic rings. The number of nitrogens with zero attached hydrogens (tertiary/aromatic N) is 2. The Hall–Kier alpha value is -2.83. The number of fused-ring (bicyclic) bond motifs is 1. The topological polar surface area (TPSA) is 47.0 Å². The van der Waals surface area contributed by atoms with Crippen LogP contribution in [-0.2, 0) is 12.7 Å². The molecule has 1 N–H and O–H groups in total. The van der Waals surface area contributed by atoms with E-state index in [1.165, 1.54) is 13.0 Å². The molecular weight excluding hydrogens is 343 g/mol. The fourth-order valence-corrected chi connectivity index (χ4v) is 2.89. The normalized spacial score (nSPS) is 11.6. The van der Waals surface area contributed by atoms with Crippen LogP contribution < -0.4 is 10.1 Å². The van der Waals surface area contributed by atoms with Crippen molar-refractivity contribution in [2.75, 3.05) is 12.4 Å². The number of hydrogen-bond acceptors (Lipinski definition) is 4. The van der Waals surface area contributed by atoms with Crippen LogP contribution in [0.1, 0.15) is 22.4 Å². The third-order valence-corrected chi connectivity index (χ3v) is 4.37. The summed E-state index contributed by atoms with van der Waals surface area (Å²) in [6.07, 6.45) is -4.37. The van der Waals surface area contributed by atoms with Crippen molar-refractivity contribution in [3.63, 3.8) is 0 Å². The van der Waals surface area contributed by atoms with Gasteiger partial charge < -0.3 is 10.1 Å². The van der Waals surface area contributed by atoms with Gasteiger partial charge in [0, 0.05) is 17.3 Å². The third kappa shape index (κ3) is 3.42. The average molecular weight is 361 g/mol. The van der Waals surface area contributed by atoms with Crippen molar-refractivity contribution in [1.82, 2.24) is 10.2 Å². The molecule has 0 spiro atoms. The number of nitrogens with one attached hydrogen (secondary N) is 1. The van der Waals surface area contributed by atoms with E-state index in [-0.39, 0.29) is 12.1 Å². The number of anilines is 1. The number of ether oxygens (including phenoxy) is 1. The minimum absolute atomic E-state index is 0.203. The number of methoxy groups -OCH3 is 1. The number of hydrogen-bond donors (Lipinski definition) is 1. The maximum atomic E-state index is 13.1. The lowest BCUT2D eigenvalue weighted by atomic mass is 10.0. The van der Waals surface area contributed by atoms with Gasteiger partial charge in [-0.3, -0.25) is 0 Å². The minimum Gasteiger partial charge on any atom is -0.497 e. The summed E-state index contributed by atoms with van der Waals surface area (Å²) in [5.41, 5.74) is 0.898. The Morgan fingerprint density at radius 3 is 2.50 bits per heavy atom. The highest BCUT2D eigenvalue weighted by Gasteiger charge is 2.32. The van der Waals surface area contributed by atoms with Crippen molar-refractivity contribution in [2.45, 2.75) is 26.6 Å². The molecule has 0 atom stereocenters. The molecule has 1 aromatic heterocycles. The quantitative estimate of drug-likeness (QED) is 0.719. The van der Waals surface area contributed by atoms with Gasteiger partial charge in [-0.15, -0.1) is 5.10 Å². The Balaban J connectivity index is 1.95. The van der Waals surface area contributed by atoms with Gasteiger partial charge in [-0.1, -0.05) is 12.1 Å². The Kier molecular flexibility index (Phi) is 4.71. The summed E-state index contributed by atoms with van der Waals surface area (Å²) in [5, 5.41) is 13.1. The van der Waals surface area contributed by atoms with Crippen LogP contribution in [0.3, 0.4) is 0 Å². The summed E-state index contributed by atoms with van der Waals surface area (Å²) in [7, 11) is 1.57. The van der Waals surface area contributed by atoms with Crippen molar-refractivity contribution in [1.29, 1.82) is 0 Å². The lowest BCUT2D eigenvalue weighted by Gasteiger charge is -2.15. The van der Waals surface area contributed by atoms with Crippen LogP contribution in [0.25, 0.3) is 10.8 Å². The summed E-state index contributed by atoms with van der Waals surface area (Å²) >= 11 is 0. The second-order valence-electron chi connectivity index (χ2n) is 5.99. The minimum atomic E-state index is -4.37. The van der Waals surface area contributed by atoms with Crippen molar-refractivity contribution in [2.24, 2.45) is 0 Å². The van der Waals surface area contributed by atoms with E-state index >= 15 is 0 Å². The van der Waals surface area contributed by atoms with Gasteiger partial charge >= 0.3 is 6.18 Å². The Morgan fingerprint density at radius 1 is 1.04 bits per heavy atom. The highest BCUT2D eigenvalue weighted by atomic mass is 19.4. The van der Waals surface area contributed by atoms with Crippen molar-refractivity contribution < 1.29 is 17.9 Å². The molecular formula is C19H18F3N3O. The first-order valence-corrected chi connectivity index (χ1v) is 8.02. The summed E-state index contributed by atoms with van der Waals surface area (Å²) in [4.78, 5) is 0. The smallest absolute Gasteiger partial charge is 0.416 e. The molecule has 0 radical (unpaired) electrons. The van der Waals surface area contributed by atoms with Crippen LogP contribution in [0, 0.1) is 13.8 Å². The Bertz CT molecular complexity index is 955. The molecule has 0 bridgehead atoms. The van der Waals surface area contributed by atoms with Crippen molar-refractivity contribution >= 4 is 16.6 Å². The van der Waals surface area contributed by atoms with Crippen molar-refractivity contribution in [3.8, 4) is 5.75 Å². The van der Waals surface area contributed by atoms with Gasteiger partial charge in [0.25, 0.3) is 0 Å². The molecule has 3 rings (SSSR count). The number of halogens is 3. The molecule has 0 amide bonds. The Morgan fingerprint density at radius 2 is 1.81 bits per heavy atom. The van der Waals surface area contributed by atoms with E-state index in [1.807, 2.05) is 25.1 Å². The van der Waals surface area contributed by atoms with E-state index in [4.69, 9.17) is 4.74 Å². The summed E-state index contributed by atoms with van der Waals surface area (Å²) in [5.74, 6) is 1.17. The highest BCUT2D eigenvalue weighted by molar-refractivity contribution is 5.94. The van der Waals surface area contributed by atoms with E-state index in [1.54, 1.807) is 13.2 Å². The van der Waals surface area contributed by atoms with Crippen LogP contribution in [0.2, 0.25) is 0 Å². The van der Waals surface area contributed by atoms with Crippen LogP contribution in [-0.4, -0.2) is 17.3 Å². The maximum Gasteiger partial charge on any atom is 0.416 e. The maximum absolute atomic E-state index is 13.1. The first kappa shape index (κ1) is 18.0. The fourth-order valence-electron chi connectivity index (χ4n) is 2.89. The van der Waals surface area contributed by atoms with E-state index in [2.05, 4.69) is 15.5 Å². The SMILES string of the molecule is COc1ccc2c(C)nnc(NCc3cccc(C(F)(F)F)c3C)c2c1. The molecule has 0 fully saturated rings. The second-order valence-corrected chi connectivity index (χ2v) is 5.99. The molecule has 0 aliphatic heterocycles. The van der Waals surface area contributed by atoms with E-state index < -0.39 is 11.7 Å². The monoisotopic (exact) mass is 361 g/mol. The molecule has 26 heavy (non-hydrogen) atoms. The van der Waals surface area contributed by atoms with Crippen LogP contribution in [0.5, 0.6) is 5.75 Å². The fraction of sp³-hybridized carbons (Fsp3) is 0.263. The average Bonchev–Trinajstić information content (AvgIpc) is 2.61. The number of rotatable bonds is 4. The number of alkyl halides is 3. The second kappa shape index (κ2) is 6.82. The largest absolute Gasteiger partial charge is 0.497 e. The Labute approximate surface area is 149 Å². The summed E-state index contributed by atoms with van der Waals surface area (Å²) < 4.78 is 44.5. The molecule has 0 saturated carbocycles. The molecule has 0 saturated heterocycles. The number of aromatic nitrogens is 2. The van der Waals surface area contributed by atoms with Crippen LogP contribution in [0.15, 0.2) is 36.4 Å². The van der Waals surface area contributed by atoms with Gasteiger partial charge in [-0.05, 0) is 49.2 Å². The lowest BCUT2D eigenvalue weighted by molar-refractivity contribution is -0.138. The van der Waals surface area contributed by atoms with E-state index in [0.29, 0.717) is 17.1 Å². The summed E-state index contributed by atoms with van der Waals surface area (Å²) in [6.45, 7) is 3.53. The zero-order valence-corrected chi connectivity index (χ0v) is 14.6. The predicted molar refractivity (Wildman–Crippen MR) is 94.3 cm³/mol. The van der Waals surface area contributed by atoms with Gasteiger partial charge in [0.15, 0.2) is 5.82 Å². The van der Waals surface area contributed by atoms with E-state index in [0.717, 1.165) is 22.5 Å². The van der Waals surface area contributed by atoms with Gasteiger partial charge in [-0.2, -0.15) is 18.3 Å². The van der Waals surface area contributed by atoms with Crippen molar-refractivity contribution in [3.05, 3.63) is 58.8 Å². The lowest BCUT2D eigenvalue weighted by Crippen LogP contribution is -2.11. The molecule has 136 valence electrons. The molecule has 3 aromatic rings. The van der Waals surface area contributed by atoms with Crippen LogP contribution in [0.4, 0.5) is 19.0 Å². The molecule has 0 unspecified atom stereocenters. The summed E-state index contributed by atoms with van der Waals surface area (Å²) in [6, 6.07) is 9.72. The highest BCUT2D eigenvalue weighted by Crippen LogP contribution is 2.33. The molecule has 7 heteroatoms. The van der Waals surface area contributed by atoms with Gasteiger partial charge in [0.2, 0.25) is 0 Å². The molecule has 0 aliphatic carbocycles. The van der Waals surface area contributed by atoms with Gasteiger partial charge in [-0.25, -0.2) is 0 Å². The first-order chi connectivity index (χ1) is 12.3. The van der Waals surface area contributed by atoms with Crippen LogP contribution >= 0.6 is 0 Å². The first-order valence-electron chi connectivity index (χ1n) is 8.02. The van der Waals surface area contributed by atoms with Gasteiger partial charge in [0.05, 0.1) is 18.4 Å².